The number of nitrogens with zero attached hydrogens (tertiary/aromatic N) is 2. The largest absolute Gasteiger partial charge is 0.467 e. The highest BCUT2D eigenvalue weighted by Crippen LogP contribution is 2.36. The van der Waals surface area contributed by atoms with Crippen molar-refractivity contribution < 1.29 is 17.6 Å². The Morgan fingerprint density at radius 3 is 2.58 bits per heavy atom. The summed E-state index contributed by atoms with van der Waals surface area (Å²) in [7, 11) is -3.65. The maximum absolute atomic E-state index is 13.3. The average molecular weight is 466 g/mol. The zero-order valence-corrected chi connectivity index (χ0v) is 19.3. The Bertz CT molecular complexity index is 1030. The van der Waals surface area contributed by atoms with Gasteiger partial charge in [0.1, 0.15) is 5.76 Å². The lowest BCUT2D eigenvalue weighted by Gasteiger charge is -2.44. The van der Waals surface area contributed by atoms with Crippen LogP contribution in [0.1, 0.15) is 38.9 Å². The molecule has 1 aromatic heterocycles. The molecule has 31 heavy (non-hydrogen) atoms. The van der Waals surface area contributed by atoms with Gasteiger partial charge in [0.15, 0.2) is 0 Å². The van der Waals surface area contributed by atoms with E-state index in [0.29, 0.717) is 49.2 Å². The van der Waals surface area contributed by atoms with Crippen LogP contribution in [0.2, 0.25) is 5.02 Å². The third-order valence-electron chi connectivity index (χ3n) is 6.11. The molecule has 2 aliphatic rings. The molecule has 1 N–H and O–H groups in total. The standard InChI is InChI=1S/C22H28ClN3O4S/c1-16(2)13-20-21(27)26(15-18-6-4-12-30-18)22(24-20)8-10-25(11-9-22)31(28,29)19-7-3-5-17(23)14-19/h3-7,12,14,16,20,24H,8-11,13,15H2,1-2H3/t20-/m1/s1. The minimum atomic E-state index is -3.65. The number of sulfonamides is 1. The normalized spacial score (nSPS) is 22.0. The molecule has 7 nitrogen and oxygen atoms in total. The van der Waals surface area contributed by atoms with E-state index >= 15 is 0 Å². The quantitative estimate of drug-likeness (QED) is 0.706. The first kappa shape index (κ1) is 22.3. The van der Waals surface area contributed by atoms with Gasteiger partial charge in [0.05, 0.1) is 29.4 Å². The molecule has 9 heteroatoms. The number of piperidine rings is 1. The summed E-state index contributed by atoms with van der Waals surface area (Å²) in [4.78, 5) is 15.3. The first-order valence-electron chi connectivity index (χ1n) is 10.6. The van der Waals surface area contributed by atoms with Crippen LogP contribution in [-0.2, 0) is 21.4 Å². The molecule has 3 heterocycles. The zero-order valence-electron chi connectivity index (χ0n) is 17.8. The van der Waals surface area contributed by atoms with Gasteiger partial charge in [-0.3, -0.25) is 10.1 Å². The Balaban J connectivity index is 1.55. The highest BCUT2D eigenvalue weighted by atomic mass is 35.5. The van der Waals surface area contributed by atoms with Crippen LogP contribution in [0.15, 0.2) is 52.0 Å². The fraction of sp³-hybridized carbons (Fsp3) is 0.500. The first-order chi connectivity index (χ1) is 14.7. The van der Waals surface area contributed by atoms with Crippen molar-refractivity contribution in [3.05, 3.63) is 53.4 Å². The number of rotatable bonds is 6. The van der Waals surface area contributed by atoms with Crippen LogP contribution < -0.4 is 5.32 Å². The van der Waals surface area contributed by atoms with Gasteiger partial charge in [-0.25, -0.2) is 8.42 Å². The van der Waals surface area contributed by atoms with E-state index in [1.807, 2.05) is 17.0 Å². The van der Waals surface area contributed by atoms with Crippen molar-refractivity contribution in [1.82, 2.24) is 14.5 Å². The second kappa shape index (κ2) is 8.58. The summed E-state index contributed by atoms with van der Waals surface area (Å²) >= 11 is 6.00. The Kier molecular flexibility index (Phi) is 6.18. The lowest BCUT2D eigenvalue weighted by atomic mass is 9.97. The van der Waals surface area contributed by atoms with Gasteiger partial charge in [0.2, 0.25) is 15.9 Å². The molecule has 0 unspecified atom stereocenters. The molecule has 4 rings (SSSR count). The number of hydrogen-bond acceptors (Lipinski definition) is 5. The summed E-state index contributed by atoms with van der Waals surface area (Å²) in [5.41, 5.74) is -0.580. The summed E-state index contributed by atoms with van der Waals surface area (Å²) in [5.74, 6) is 1.13. The van der Waals surface area contributed by atoms with Gasteiger partial charge in [-0.2, -0.15) is 4.31 Å². The van der Waals surface area contributed by atoms with Gasteiger partial charge in [-0.15, -0.1) is 0 Å². The molecule has 1 amide bonds. The third kappa shape index (κ3) is 4.39. The van der Waals surface area contributed by atoms with Crippen LogP contribution in [0.25, 0.3) is 0 Å². The van der Waals surface area contributed by atoms with Crippen LogP contribution in [0.5, 0.6) is 0 Å². The van der Waals surface area contributed by atoms with Crippen molar-refractivity contribution in [2.24, 2.45) is 5.92 Å². The zero-order chi connectivity index (χ0) is 22.2. The maximum atomic E-state index is 13.3. The van der Waals surface area contributed by atoms with E-state index in [2.05, 4.69) is 19.2 Å². The molecule has 0 aliphatic carbocycles. The summed E-state index contributed by atoms with van der Waals surface area (Å²) < 4.78 is 33.2. The number of hydrogen-bond donors (Lipinski definition) is 1. The lowest BCUT2D eigenvalue weighted by molar-refractivity contribution is -0.134. The van der Waals surface area contributed by atoms with E-state index in [4.69, 9.17) is 16.0 Å². The van der Waals surface area contributed by atoms with Crippen molar-refractivity contribution in [3.63, 3.8) is 0 Å². The second-order valence-corrected chi connectivity index (χ2v) is 11.1. The molecular formula is C22H28ClN3O4S. The van der Waals surface area contributed by atoms with Gasteiger partial charge in [-0.1, -0.05) is 31.5 Å². The molecular weight excluding hydrogens is 438 g/mol. The van der Waals surface area contributed by atoms with Gasteiger partial charge >= 0.3 is 0 Å². The Morgan fingerprint density at radius 1 is 1.23 bits per heavy atom. The van der Waals surface area contributed by atoms with E-state index in [9.17, 15) is 13.2 Å². The number of halogens is 1. The number of carbonyl (C=O) groups is 1. The monoisotopic (exact) mass is 465 g/mol. The minimum Gasteiger partial charge on any atom is -0.467 e. The summed E-state index contributed by atoms with van der Waals surface area (Å²) in [5, 5.41) is 3.95. The Hall–Kier alpha value is -1.87. The SMILES string of the molecule is CC(C)C[C@H]1NC2(CCN(S(=O)(=O)c3cccc(Cl)c3)CC2)N(Cc2ccco2)C1=O. The van der Waals surface area contributed by atoms with Gasteiger partial charge in [-0.05, 0) is 55.5 Å². The lowest BCUT2D eigenvalue weighted by Crippen LogP contribution is -2.59. The van der Waals surface area contributed by atoms with E-state index in [1.54, 1.807) is 24.5 Å². The minimum absolute atomic E-state index is 0.0521. The van der Waals surface area contributed by atoms with E-state index in [0.717, 1.165) is 6.42 Å². The average Bonchev–Trinajstić information content (AvgIpc) is 3.31. The molecule has 1 spiro atoms. The molecule has 1 aromatic carbocycles. The van der Waals surface area contributed by atoms with Crippen LogP contribution in [0.4, 0.5) is 0 Å². The van der Waals surface area contributed by atoms with E-state index < -0.39 is 15.7 Å². The number of furan rings is 1. The van der Waals surface area contributed by atoms with Crippen molar-refractivity contribution in [2.75, 3.05) is 13.1 Å². The second-order valence-electron chi connectivity index (χ2n) is 8.72. The van der Waals surface area contributed by atoms with Crippen LogP contribution >= 0.6 is 11.6 Å². The first-order valence-corrected chi connectivity index (χ1v) is 12.4. The topological polar surface area (TPSA) is 82.9 Å². The summed E-state index contributed by atoms with van der Waals surface area (Å²) in [6.45, 7) is 5.19. The van der Waals surface area contributed by atoms with Gasteiger partial charge in [0.25, 0.3) is 0 Å². The van der Waals surface area contributed by atoms with Crippen LogP contribution in [0.3, 0.4) is 0 Å². The molecule has 1 atom stereocenters. The fourth-order valence-corrected chi connectivity index (χ4v) is 6.31. The molecule has 2 aromatic rings. The van der Waals surface area contributed by atoms with Gasteiger partial charge in [0, 0.05) is 18.1 Å². The maximum Gasteiger partial charge on any atom is 0.243 e. The number of amides is 1. The highest BCUT2D eigenvalue weighted by molar-refractivity contribution is 7.89. The molecule has 168 valence electrons. The molecule has 0 bridgehead atoms. The van der Waals surface area contributed by atoms with Crippen LogP contribution in [0, 0.1) is 5.92 Å². The molecule has 0 radical (unpaired) electrons. The van der Waals surface area contributed by atoms with Crippen molar-refractivity contribution in [3.8, 4) is 0 Å². The molecule has 2 saturated heterocycles. The van der Waals surface area contributed by atoms with Crippen molar-refractivity contribution in [2.45, 2.75) is 56.3 Å². The smallest absolute Gasteiger partial charge is 0.243 e. The highest BCUT2D eigenvalue weighted by Gasteiger charge is 2.52. The Labute approximate surface area is 188 Å². The van der Waals surface area contributed by atoms with E-state index in [1.165, 1.54) is 10.4 Å². The van der Waals surface area contributed by atoms with E-state index in [-0.39, 0.29) is 16.8 Å². The molecule has 2 fully saturated rings. The molecule has 0 saturated carbocycles. The number of carbonyl (C=O) groups excluding carboxylic acids is 1. The Morgan fingerprint density at radius 2 is 1.97 bits per heavy atom. The fourth-order valence-electron chi connectivity index (χ4n) is 4.57. The summed E-state index contributed by atoms with van der Waals surface area (Å²) in [6, 6.07) is 9.72. The molecule has 2 aliphatic heterocycles. The number of benzene rings is 1. The van der Waals surface area contributed by atoms with Crippen molar-refractivity contribution in [1.29, 1.82) is 0 Å². The summed E-state index contributed by atoms with van der Waals surface area (Å²) in [6.07, 6.45) is 3.35. The van der Waals surface area contributed by atoms with Crippen LogP contribution in [-0.4, -0.2) is 48.3 Å². The van der Waals surface area contributed by atoms with Crippen molar-refractivity contribution >= 4 is 27.5 Å². The van der Waals surface area contributed by atoms with Gasteiger partial charge < -0.3 is 9.32 Å². The number of nitrogens with one attached hydrogen (secondary N) is 1. The predicted octanol–water partition coefficient (Wildman–Crippen LogP) is 3.46. The third-order valence-corrected chi connectivity index (χ3v) is 8.24. The predicted molar refractivity (Wildman–Crippen MR) is 118 cm³/mol.